The maximum Gasteiger partial charge on any atom is 0.337 e. The summed E-state index contributed by atoms with van der Waals surface area (Å²) in [5.74, 6) is -7.80. The second-order valence-corrected chi connectivity index (χ2v) is 14.2. The van der Waals surface area contributed by atoms with E-state index in [2.05, 4.69) is 57.5 Å². The molecule has 2 aromatic carbocycles. The van der Waals surface area contributed by atoms with Gasteiger partial charge in [-0.25, -0.2) is 28.6 Å². The van der Waals surface area contributed by atoms with Gasteiger partial charge in [-0.05, 0) is 80.3 Å². The zero-order valence-electron chi connectivity index (χ0n) is 34.8. The van der Waals surface area contributed by atoms with Gasteiger partial charge in [-0.1, -0.05) is 19.4 Å². The highest BCUT2D eigenvalue weighted by Crippen LogP contribution is 2.36. The molecule has 25 nitrogen and oxygen atoms in total. The molecule has 8 N–H and O–H groups in total. The molecule has 0 aliphatic heterocycles. The third-order valence-corrected chi connectivity index (χ3v) is 9.78. The average Bonchev–Trinajstić information content (AvgIpc) is 3.26. The first-order valence-electron chi connectivity index (χ1n) is 19.2. The number of carbonyl (C=O) groups is 4. The Morgan fingerprint density at radius 3 is 1.84 bits per heavy atom. The maximum atomic E-state index is 13.7. The van der Waals surface area contributed by atoms with Crippen molar-refractivity contribution in [3.05, 3.63) is 119 Å². The number of rotatable bonds is 19. The van der Waals surface area contributed by atoms with E-state index < -0.39 is 75.2 Å². The minimum Gasteiger partial charge on any atom is -0.502 e. The number of anilines is 2. The van der Waals surface area contributed by atoms with Crippen molar-refractivity contribution in [2.24, 2.45) is 20.5 Å². The van der Waals surface area contributed by atoms with Crippen LogP contribution >= 0.6 is 11.6 Å². The maximum absolute atomic E-state index is 13.7. The molecular formula is C41H34ClN13O12. The molecule has 5 rings (SSSR count). The third-order valence-electron chi connectivity index (χ3n) is 9.61. The molecule has 342 valence electrons. The topological polar surface area (TPSA) is 374 Å². The Labute approximate surface area is 380 Å². The molecule has 0 aliphatic carbocycles. The molecule has 3 heterocycles. The number of halogens is 1. The number of aromatic hydroxyl groups is 2. The van der Waals surface area contributed by atoms with Crippen LogP contribution in [0.25, 0.3) is 10.7 Å². The van der Waals surface area contributed by atoms with Crippen LogP contribution in [0.1, 0.15) is 83.8 Å². The van der Waals surface area contributed by atoms with Crippen LogP contribution in [0.5, 0.6) is 11.8 Å². The van der Waals surface area contributed by atoms with Gasteiger partial charge in [0.1, 0.15) is 34.5 Å². The number of pyridine rings is 2. The van der Waals surface area contributed by atoms with Gasteiger partial charge in [0.05, 0.1) is 28.8 Å². The van der Waals surface area contributed by atoms with E-state index in [4.69, 9.17) is 18.2 Å². The fourth-order valence-electron chi connectivity index (χ4n) is 6.20. The van der Waals surface area contributed by atoms with E-state index in [9.17, 15) is 64.7 Å². The molecule has 0 fully saturated rings. The molecule has 0 bridgehead atoms. The largest absolute Gasteiger partial charge is 0.502 e. The minimum absolute atomic E-state index is 0.0306. The summed E-state index contributed by atoms with van der Waals surface area (Å²) in [7, 11) is 0. The van der Waals surface area contributed by atoms with Crippen LogP contribution in [0, 0.1) is 31.8 Å². The average molecular weight is 936 g/mol. The van der Waals surface area contributed by atoms with Crippen molar-refractivity contribution in [1.82, 2.24) is 24.1 Å². The monoisotopic (exact) mass is 935 g/mol. The van der Waals surface area contributed by atoms with Crippen LogP contribution in [-0.2, 0) is 6.54 Å². The molecule has 0 saturated carbocycles. The summed E-state index contributed by atoms with van der Waals surface area (Å²) in [5.41, 5.74) is -5.90. The quantitative estimate of drug-likeness (QED) is 0.0232. The van der Waals surface area contributed by atoms with E-state index in [1.54, 1.807) is 0 Å². The van der Waals surface area contributed by atoms with Crippen LogP contribution in [0.2, 0.25) is 5.28 Å². The van der Waals surface area contributed by atoms with Gasteiger partial charge < -0.3 is 41.3 Å². The highest BCUT2D eigenvalue weighted by atomic mass is 35.5. The number of carboxylic acid groups (broad SMARTS) is 4. The number of carboxylic acids is 4. The molecule has 67 heavy (non-hydrogen) atoms. The molecule has 3 aromatic heterocycles. The zero-order valence-corrected chi connectivity index (χ0v) is 35.6. The SMILES string of the molecule is [C-]#[N+]c1c(C)c(N=Nc2cc(C(=O)O)ccc2C(=O)O)c(=O)n(C(=C)Nc2nc(Cl)nc(NCCCCCCn3c(O)c(C#N)c(C)c(N=Nc4cc(C(=O)O)ccc4C(=O)O)c3=O)n2)c1O. The summed E-state index contributed by atoms with van der Waals surface area (Å²) in [6.45, 7) is 14.2. The Balaban J connectivity index is 1.25. The Hall–Kier alpha value is -9.36. The van der Waals surface area contributed by atoms with Crippen LogP contribution in [0.3, 0.4) is 0 Å². The number of aromatic nitrogens is 5. The second-order valence-electron chi connectivity index (χ2n) is 13.9. The van der Waals surface area contributed by atoms with E-state index in [0.717, 1.165) is 41.0 Å². The molecule has 0 aliphatic rings. The molecule has 0 spiro atoms. The van der Waals surface area contributed by atoms with Gasteiger partial charge in [0.2, 0.25) is 28.9 Å². The lowest BCUT2D eigenvalue weighted by atomic mass is 10.1. The number of hydrogen-bond donors (Lipinski definition) is 8. The predicted octanol–water partition coefficient (Wildman–Crippen LogP) is 7.14. The van der Waals surface area contributed by atoms with Crippen molar-refractivity contribution in [2.45, 2.75) is 46.1 Å². The van der Waals surface area contributed by atoms with Crippen molar-refractivity contribution in [3.8, 4) is 17.8 Å². The van der Waals surface area contributed by atoms with Gasteiger partial charge >= 0.3 is 23.9 Å². The number of hydrogen-bond acceptors (Lipinski definition) is 18. The number of aromatic carboxylic acids is 4. The summed E-state index contributed by atoms with van der Waals surface area (Å²) in [5, 5.41) is 89.8. The van der Waals surface area contributed by atoms with Gasteiger partial charge in [0, 0.05) is 18.7 Å². The van der Waals surface area contributed by atoms with E-state index in [1.165, 1.54) is 13.8 Å². The Morgan fingerprint density at radius 1 is 0.776 bits per heavy atom. The predicted molar refractivity (Wildman–Crippen MR) is 235 cm³/mol. The Kier molecular flexibility index (Phi) is 15.2. The number of nitrogens with one attached hydrogen (secondary N) is 2. The number of azo groups is 2. The number of nitriles is 1. The van der Waals surface area contributed by atoms with Crippen molar-refractivity contribution >= 4 is 81.6 Å². The summed E-state index contributed by atoms with van der Waals surface area (Å²) >= 11 is 6.13. The fourth-order valence-corrected chi connectivity index (χ4v) is 6.36. The van der Waals surface area contributed by atoms with Crippen LogP contribution in [0.15, 0.2) is 73.0 Å². The van der Waals surface area contributed by atoms with Gasteiger partial charge in [0.25, 0.3) is 16.8 Å². The summed E-state index contributed by atoms with van der Waals surface area (Å²) in [6, 6.07) is 7.83. The first kappa shape index (κ1) is 48.7. The lowest BCUT2D eigenvalue weighted by Gasteiger charge is -2.16. The molecule has 5 aromatic rings. The molecule has 0 atom stereocenters. The van der Waals surface area contributed by atoms with Gasteiger partial charge in [-0.2, -0.15) is 20.2 Å². The van der Waals surface area contributed by atoms with Crippen LogP contribution < -0.4 is 21.8 Å². The minimum atomic E-state index is -1.47. The molecule has 0 unspecified atom stereocenters. The smallest absolute Gasteiger partial charge is 0.337 e. The second kappa shape index (κ2) is 20.9. The summed E-state index contributed by atoms with van der Waals surface area (Å²) < 4.78 is 1.48. The number of benzene rings is 2. The number of unbranched alkanes of at least 4 members (excludes halogenated alkanes) is 3. The Bertz CT molecular complexity index is 3170. The van der Waals surface area contributed by atoms with E-state index in [-0.39, 0.29) is 75.0 Å². The Morgan fingerprint density at radius 2 is 1.31 bits per heavy atom. The third kappa shape index (κ3) is 10.9. The van der Waals surface area contributed by atoms with Crippen molar-refractivity contribution in [2.75, 3.05) is 17.2 Å². The standard InChI is InChI=1S/C41H34ClN13O12/c1-18-25(17-43)31(56)54(32(57)29(18)52-50-26-15-21(35(60)61)9-11-23(26)37(64)65)14-8-6-5-7-13-45-40-47-39(42)48-41(49-40)46-20(3)55-33(58)28(44-4)19(2)30(34(55)59)53-51-27-16-22(36(62)63)10-12-24(27)38(66)67/h9-12,15-16,56,58H,3,5-8,13-14H2,1-2H3,(H,60,61)(H,62,63)(H,64,65)(H,66,67)(H2,45,46,47,48,49). The molecule has 0 radical (unpaired) electrons. The van der Waals surface area contributed by atoms with E-state index in [1.807, 2.05) is 6.07 Å². The number of nitrogens with zero attached hydrogens (tertiary/aromatic N) is 11. The fraction of sp³-hybridized carbons (Fsp3) is 0.195. The summed E-state index contributed by atoms with van der Waals surface area (Å²) in [6.07, 6.45) is 1.91. The van der Waals surface area contributed by atoms with E-state index >= 15 is 0 Å². The molecule has 0 saturated heterocycles. The normalized spacial score (nSPS) is 11.0. The van der Waals surface area contributed by atoms with Crippen molar-refractivity contribution in [1.29, 1.82) is 5.26 Å². The lowest BCUT2D eigenvalue weighted by Crippen LogP contribution is -2.23. The van der Waals surface area contributed by atoms with Crippen LogP contribution in [0.4, 0.5) is 40.3 Å². The zero-order chi connectivity index (χ0) is 49.3. The summed E-state index contributed by atoms with van der Waals surface area (Å²) in [4.78, 5) is 88.9. The first-order chi connectivity index (χ1) is 31.8. The first-order valence-corrected chi connectivity index (χ1v) is 19.6. The van der Waals surface area contributed by atoms with E-state index in [0.29, 0.717) is 30.3 Å². The molecule has 0 amide bonds. The van der Waals surface area contributed by atoms with Crippen LogP contribution in [-0.4, -0.2) is 85.1 Å². The van der Waals surface area contributed by atoms with Crippen molar-refractivity contribution in [3.63, 3.8) is 0 Å². The highest BCUT2D eigenvalue weighted by molar-refractivity contribution is 6.28. The highest BCUT2D eigenvalue weighted by Gasteiger charge is 2.24. The van der Waals surface area contributed by atoms with Gasteiger partial charge in [0.15, 0.2) is 5.69 Å². The van der Waals surface area contributed by atoms with Gasteiger partial charge in [-0.15, -0.1) is 20.5 Å². The lowest BCUT2D eigenvalue weighted by molar-refractivity contribution is 0.0682. The molecular weight excluding hydrogens is 902 g/mol. The van der Waals surface area contributed by atoms with Crippen molar-refractivity contribution < 1.29 is 49.8 Å². The molecule has 26 heteroatoms. The van der Waals surface area contributed by atoms with Gasteiger partial charge in [-0.3, -0.25) is 14.2 Å².